The van der Waals surface area contributed by atoms with Crippen LogP contribution in [0.1, 0.15) is 40.2 Å². The van der Waals surface area contributed by atoms with Crippen molar-refractivity contribution in [2.75, 3.05) is 0 Å². The van der Waals surface area contributed by atoms with Crippen LogP contribution >= 0.6 is 0 Å². The van der Waals surface area contributed by atoms with Gasteiger partial charge in [-0.15, -0.1) is 0 Å². The predicted octanol–water partition coefficient (Wildman–Crippen LogP) is 1.92. The van der Waals surface area contributed by atoms with Crippen molar-refractivity contribution in [3.8, 4) is 11.8 Å². The molecule has 26 heavy (non-hydrogen) atoms. The molecule has 1 atom stereocenters. The Balaban J connectivity index is 1.80. The van der Waals surface area contributed by atoms with Crippen molar-refractivity contribution in [1.29, 1.82) is 5.26 Å². The van der Waals surface area contributed by atoms with Gasteiger partial charge in [-0.25, -0.2) is 9.67 Å². The Morgan fingerprint density at radius 1 is 1.27 bits per heavy atom. The van der Waals surface area contributed by atoms with E-state index in [4.69, 9.17) is 14.0 Å². The molecular weight excluding hydrogens is 331 g/mol. The van der Waals surface area contributed by atoms with Crippen LogP contribution in [0.4, 0.5) is 0 Å². The van der Waals surface area contributed by atoms with Crippen LogP contribution in [0.2, 0.25) is 0 Å². The second-order valence-corrected chi connectivity index (χ2v) is 7.50. The summed E-state index contributed by atoms with van der Waals surface area (Å²) >= 11 is 0. The molecule has 1 aromatic carbocycles. The third-order valence-electron chi connectivity index (χ3n) is 4.89. The van der Waals surface area contributed by atoms with Crippen LogP contribution < -0.4 is 10.2 Å². The summed E-state index contributed by atoms with van der Waals surface area (Å²) in [5, 5.41) is 13.5. The van der Waals surface area contributed by atoms with Crippen LogP contribution in [0.25, 0.3) is 0 Å². The van der Waals surface area contributed by atoms with Crippen LogP contribution in [0, 0.1) is 11.3 Å². The molecule has 2 aromatic rings. The summed E-state index contributed by atoms with van der Waals surface area (Å²) in [5.74, 6) is 0.507. The largest absolute Gasteiger partial charge is 0.494 e. The molecule has 1 aliphatic rings. The van der Waals surface area contributed by atoms with Gasteiger partial charge in [0.15, 0.2) is 0 Å². The van der Waals surface area contributed by atoms with Crippen LogP contribution in [0.3, 0.4) is 0 Å². The lowest BCUT2D eigenvalue weighted by atomic mass is 9.78. The Morgan fingerprint density at radius 3 is 2.54 bits per heavy atom. The molecule has 1 aliphatic heterocycles. The van der Waals surface area contributed by atoms with Crippen LogP contribution in [0.5, 0.6) is 5.75 Å². The summed E-state index contributed by atoms with van der Waals surface area (Å²) < 4.78 is 19.9. The maximum absolute atomic E-state index is 9.39. The lowest BCUT2D eigenvalue weighted by Gasteiger charge is -2.32. The van der Waals surface area contributed by atoms with E-state index in [0.29, 0.717) is 17.9 Å². The first-order valence-electron chi connectivity index (χ1n) is 8.60. The van der Waals surface area contributed by atoms with Gasteiger partial charge >= 0.3 is 7.12 Å². The summed E-state index contributed by atoms with van der Waals surface area (Å²) in [4.78, 5) is 3.92. The zero-order valence-electron chi connectivity index (χ0n) is 15.8. The van der Waals surface area contributed by atoms with Gasteiger partial charge in [-0.05, 0) is 52.2 Å². The Morgan fingerprint density at radius 2 is 1.96 bits per heavy atom. The number of nitrogens with zero attached hydrogens (tertiary/aromatic N) is 4. The van der Waals surface area contributed by atoms with E-state index in [1.807, 2.05) is 46.8 Å². The van der Waals surface area contributed by atoms with E-state index in [0.717, 1.165) is 5.46 Å². The number of aromatic nitrogens is 3. The second kappa shape index (κ2) is 6.74. The summed E-state index contributed by atoms with van der Waals surface area (Å²) in [6, 6.07) is 7.56. The third-order valence-corrected chi connectivity index (χ3v) is 4.89. The van der Waals surface area contributed by atoms with E-state index in [2.05, 4.69) is 16.2 Å². The first-order chi connectivity index (χ1) is 12.2. The highest BCUT2D eigenvalue weighted by Gasteiger charge is 2.51. The molecule has 8 heteroatoms. The molecular formula is C18H23BN4O3. The number of benzene rings is 1. The summed E-state index contributed by atoms with van der Waals surface area (Å²) in [7, 11) is -0.499. The lowest BCUT2D eigenvalue weighted by Crippen LogP contribution is -2.41. The van der Waals surface area contributed by atoms with Gasteiger partial charge in [0.25, 0.3) is 0 Å². The van der Waals surface area contributed by atoms with E-state index in [1.165, 1.54) is 6.33 Å². The fourth-order valence-corrected chi connectivity index (χ4v) is 2.70. The van der Waals surface area contributed by atoms with Gasteiger partial charge in [0.2, 0.25) is 0 Å². The molecule has 3 rings (SSSR count). The van der Waals surface area contributed by atoms with Crippen molar-refractivity contribution in [3.63, 3.8) is 0 Å². The topological polar surface area (TPSA) is 82.2 Å². The van der Waals surface area contributed by atoms with Gasteiger partial charge in [0, 0.05) is 0 Å². The minimum absolute atomic E-state index is 0.183. The highest BCUT2D eigenvalue weighted by Crippen LogP contribution is 2.36. The van der Waals surface area contributed by atoms with Crippen LogP contribution in [-0.4, -0.2) is 39.2 Å². The number of nitriles is 1. The fourth-order valence-electron chi connectivity index (χ4n) is 2.70. The smallest absolute Gasteiger partial charge is 0.487 e. The van der Waals surface area contributed by atoms with Crippen LogP contribution in [-0.2, 0) is 15.9 Å². The maximum Gasteiger partial charge on any atom is 0.494 e. The average molecular weight is 354 g/mol. The minimum atomic E-state index is -0.499. The molecule has 0 N–H and O–H groups in total. The highest BCUT2D eigenvalue weighted by atomic mass is 16.7. The third kappa shape index (κ3) is 3.59. The van der Waals surface area contributed by atoms with Crippen molar-refractivity contribution in [3.05, 3.63) is 36.4 Å². The fraction of sp³-hybridized carbons (Fsp3) is 0.500. The number of ether oxygens (including phenoxy) is 1. The molecule has 0 radical (unpaired) electrons. The van der Waals surface area contributed by atoms with Gasteiger partial charge in [-0.3, -0.25) is 0 Å². The first-order valence-corrected chi connectivity index (χ1v) is 8.60. The molecule has 1 aromatic heterocycles. The normalized spacial score (nSPS) is 19.2. The zero-order valence-corrected chi connectivity index (χ0v) is 15.8. The number of hydrogen-bond donors (Lipinski definition) is 0. The SMILES string of the molecule is CC(Cn1cncn1)Oc1cc(B2OC(C)(C)C(C)(C)O2)ccc1C#N. The molecule has 7 nitrogen and oxygen atoms in total. The van der Waals surface area contributed by atoms with Crippen molar-refractivity contribution in [1.82, 2.24) is 14.8 Å². The van der Waals surface area contributed by atoms with Crippen molar-refractivity contribution >= 4 is 12.6 Å². The van der Waals surface area contributed by atoms with Gasteiger partial charge in [-0.2, -0.15) is 10.4 Å². The molecule has 1 unspecified atom stereocenters. The zero-order chi connectivity index (χ0) is 18.9. The highest BCUT2D eigenvalue weighted by molar-refractivity contribution is 6.62. The van der Waals surface area contributed by atoms with Crippen LogP contribution in [0.15, 0.2) is 30.9 Å². The number of rotatable bonds is 5. The van der Waals surface area contributed by atoms with Crippen molar-refractivity contribution < 1.29 is 14.0 Å². The molecule has 0 aliphatic carbocycles. The molecule has 2 heterocycles. The standard InChI is InChI=1S/C18H23BN4O3/c1-13(10-23-12-21-11-22-23)24-16-8-15(7-6-14(16)9-20)19-25-17(2,3)18(4,5)26-19/h6-8,11-13H,10H2,1-5H3. The average Bonchev–Trinajstić information content (AvgIpc) is 3.13. The first kappa shape index (κ1) is 18.4. The molecule has 0 amide bonds. The van der Waals surface area contributed by atoms with Gasteiger partial charge in [0.05, 0.1) is 23.3 Å². The number of hydrogen-bond acceptors (Lipinski definition) is 6. The minimum Gasteiger partial charge on any atom is -0.487 e. The molecule has 0 saturated carbocycles. The Hall–Kier alpha value is -2.37. The van der Waals surface area contributed by atoms with Crippen molar-refractivity contribution in [2.24, 2.45) is 0 Å². The van der Waals surface area contributed by atoms with Gasteiger partial charge < -0.3 is 14.0 Å². The van der Waals surface area contributed by atoms with Gasteiger partial charge in [0.1, 0.15) is 30.6 Å². The summed E-state index contributed by atoms with van der Waals surface area (Å²) in [6.45, 7) is 10.5. The Kier molecular flexibility index (Phi) is 4.78. The Bertz CT molecular complexity index is 798. The maximum atomic E-state index is 9.39. The van der Waals surface area contributed by atoms with E-state index in [-0.39, 0.29) is 6.10 Å². The van der Waals surface area contributed by atoms with Crippen molar-refractivity contribution in [2.45, 2.75) is 58.5 Å². The Labute approximate surface area is 154 Å². The summed E-state index contributed by atoms with van der Waals surface area (Å²) in [5.41, 5.74) is 0.446. The van der Waals surface area contributed by atoms with E-state index in [9.17, 15) is 5.26 Å². The molecule has 0 spiro atoms. The van der Waals surface area contributed by atoms with E-state index in [1.54, 1.807) is 17.1 Å². The molecule has 1 saturated heterocycles. The van der Waals surface area contributed by atoms with E-state index < -0.39 is 18.3 Å². The predicted molar refractivity (Wildman–Crippen MR) is 97.0 cm³/mol. The van der Waals surface area contributed by atoms with E-state index >= 15 is 0 Å². The molecule has 0 bridgehead atoms. The summed E-state index contributed by atoms with van der Waals surface area (Å²) in [6.07, 6.45) is 2.93. The molecule has 136 valence electrons. The quantitative estimate of drug-likeness (QED) is 0.763. The monoisotopic (exact) mass is 354 g/mol. The lowest BCUT2D eigenvalue weighted by molar-refractivity contribution is 0.00578. The van der Waals surface area contributed by atoms with Gasteiger partial charge in [-0.1, -0.05) is 6.07 Å². The second-order valence-electron chi connectivity index (χ2n) is 7.50. The molecule has 1 fully saturated rings.